The second kappa shape index (κ2) is 3.47. The van der Waals surface area contributed by atoms with Gasteiger partial charge in [0.15, 0.2) is 0 Å². The molecule has 4 N–H and O–H groups in total. The number of nitrogens with two attached hydrogens (primary N) is 2. The van der Waals surface area contributed by atoms with Gasteiger partial charge < -0.3 is 11.6 Å². The Morgan fingerprint density at radius 1 is 1.67 bits per heavy atom. The van der Waals surface area contributed by atoms with E-state index in [1.165, 1.54) is 4.68 Å². The quantitative estimate of drug-likeness (QED) is 0.663. The monoisotopic (exact) mass is 168 g/mol. The van der Waals surface area contributed by atoms with E-state index in [4.69, 9.17) is 11.6 Å². The van der Waals surface area contributed by atoms with Gasteiger partial charge in [0, 0.05) is 5.92 Å². The van der Waals surface area contributed by atoms with Gasteiger partial charge in [-0.3, -0.25) is 0 Å². The molecule has 0 radical (unpaired) electrons. The Morgan fingerprint density at radius 2 is 2.33 bits per heavy atom. The van der Waals surface area contributed by atoms with Gasteiger partial charge in [-0.05, 0) is 6.42 Å². The summed E-state index contributed by atoms with van der Waals surface area (Å²) >= 11 is 0. The van der Waals surface area contributed by atoms with Crippen LogP contribution in [0.4, 0.5) is 5.82 Å². The van der Waals surface area contributed by atoms with Crippen molar-refractivity contribution >= 4 is 5.82 Å². The van der Waals surface area contributed by atoms with Gasteiger partial charge >= 0.3 is 0 Å². The van der Waals surface area contributed by atoms with Crippen molar-refractivity contribution in [2.45, 2.75) is 32.6 Å². The largest absolute Gasteiger partial charge is 0.382 e. The van der Waals surface area contributed by atoms with Crippen LogP contribution in [0.5, 0.6) is 0 Å². The van der Waals surface area contributed by atoms with Crippen molar-refractivity contribution in [2.75, 3.05) is 11.6 Å². The summed E-state index contributed by atoms with van der Waals surface area (Å²) < 4.78 is 1.36. The number of anilines is 1. The molecule has 0 amide bonds. The highest BCUT2D eigenvalue weighted by Crippen LogP contribution is 2.22. The van der Waals surface area contributed by atoms with Crippen LogP contribution >= 0.6 is 0 Å². The highest BCUT2D eigenvalue weighted by atomic mass is 15.3. The average molecular weight is 168 g/mol. The first kappa shape index (κ1) is 8.90. The SMILES string of the molecule is CCCC(C)c1ncn(N)c1N. The number of imidazole rings is 1. The van der Waals surface area contributed by atoms with Gasteiger partial charge in [0.25, 0.3) is 0 Å². The van der Waals surface area contributed by atoms with E-state index >= 15 is 0 Å². The van der Waals surface area contributed by atoms with Crippen LogP contribution in [0.1, 0.15) is 38.3 Å². The summed E-state index contributed by atoms with van der Waals surface area (Å²) in [5.74, 6) is 6.49. The second-order valence-corrected chi connectivity index (χ2v) is 3.11. The predicted molar refractivity (Wildman–Crippen MR) is 50.1 cm³/mol. The van der Waals surface area contributed by atoms with E-state index in [1.807, 2.05) is 0 Å². The van der Waals surface area contributed by atoms with Crippen molar-refractivity contribution in [3.05, 3.63) is 12.0 Å². The topological polar surface area (TPSA) is 69.9 Å². The van der Waals surface area contributed by atoms with E-state index in [1.54, 1.807) is 6.33 Å². The van der Waals surface area contributed by atoms with Crippen LogP contribution in [0.2, 0.25) is 0 Å². The smallest absolute Gasteiger partial charge is 0.145 e. The Morgan fingerprint density at radius 3 is 2.75 bits per heavy atom. The van der Waals surface area contributed by atoms with E-state index in [0.29, 0.717) is 11.7 Å². The first-order chi connectivity index (χ1) is 5.66. The summed E-state index contributed by atoms with van der Waals surface area (Å²) in [4.78, 5) is 4.15. The van der Waals surface area contributed by atoms with Crippen LogP contribution in [0, 0.1) is 0 Å². The summed E-state index contributed by atoms with van der Waals surface area (Å²) in [5, 5.41) is 0. The molecule has 0 aliphatic rings. The first-order valence-corrected chi connectivity index (χ1v) is 4.24. The molecule has 4 heteroatoms. The molecule has 0 aliphatic carbocycles. The van der Waals surface area contributed by atoms with Crippen LogP contribution in [-0.4, -0.2) is 9.66 Å². The molecule has 0 spiro atoms. The molecule has 1 unspecified atom stereocenters. The molecular formula is C8H16N4. The fraction of sp³-hybridized carbons (Fsp3) is 0.625. The zero-order valence-electron chi connectivity index (χ0n) is 7.62. The van der Waals surface area contributed by atoms with E-state index in [2.05, 4.69) is 18.8 Å². The minimum atomic E-state index is 0.403. The lowest BCUT2D eigenvalue weighted by molar-refractivity contribution is 0.652. The fourth-order valence-corrected chi connectivity index (χ4v) is 1.33. The molecule has 4 nitrogen and oxygen atoms in total. The molecule has 0 saturated heterocycles. The Bertz CT molecular complexity index is 254. The van der Waals surface area contributed by atoms with Gasteiger partial charge in [-0.2, -0.15) is 0 Å². The molecule has 0 fully saturated rings. The Hall–Kier alpha value is -1.19. The molecule has 0 aliphatic heterocycles. The molecule has 1 aromatic rings. The lowest BCUT2D eigenvalue weighted by Crippen LogP contribution is -2.11. The highest BCUT2D eigenvalue weighted by molar-refractivity contribution is 5.38. The Balaban J connectivity index is 2.80. The molecular weight excluding hydrogens is 152 g/mol. The highest BCUT2D eigenvalue weighted by Gasteiger charge is 2.12. The van der Waals surface area contributed by atoms with Crippen molar-refractivity contribution < 1.29 is 0 Å². The molecule has 1 atom stereocenters. The Kier molecular flexibility index (Phi) is 2.58. The van der Waals surface area contributed by atoms with Gasteiger partial charge in [0.1, 0.15) is 12.1 Å². The minimum absolute atomic E-state index is 0.403. The van der Waals surface area contributed by atoms with Crippen LogP contribution in [-0.2, 0) is 0 Å². The number of rotatable bonds is 3. The molecule has 0 aromatic carbocycles. The predicted octanol–water partition coefficient (Wildman–Crippen LogP) is 1.08. The number of nitrogens with zero attached hydrogens (tertiary/aromatic N) is 2. The third-order valence-electron chi connectivity index (χ3n) is 2.05. The summed E-state index contributed by atoms with van der Waals surface area (Å²) in [5.41, 5.74) is 6.63. The molecule has 0 saturated carbocycles. The molecule has 0 bridgehead atoms. The summed E-state index contributed by atoms with van der Waals surface area (Å²) in [7, 11) is 0. The number of hydrogen-bond acceptors (Lipinski definition) is 3. The molecule has 68 valence electrons. The first-order valence-electron chi connectivity index (χ1n) is 4.24. The van der Waals surface area contributed by atoms with Crippen molar-refractivity contribution in [2.24, 2.45) is 0 Å². The van der Waals surface area contributed by atoms with E-state index in [0.717, 1.165) is 18.5 Å². The van der Waals surface area contributed by atoms with Gasteiger partial charge in [0.05, 0.1) is 5.69 Å². The molecule has 1 aromatic heterocycles. The van der Waals surface area contributed by atoms with Crippen LogP contribution in [0.3, 0.4) is 0 Å². The average Bonchev–Trinajstić information content (AvgIpc) is 2.34. The number of hydrogen-bond donors (Lipinski definition) is 2. The zero-order chi connectivity index (χ0) is 9.14. The Labute approximate surface area is 72.5 Å². The third-order valence-corrected chi connectivity index (χ3v) is 2.05. The number of aromatic nitrogens is 2. The van der Waals surface area contributed by atoms with Crippen LogP contribution in [0.25, 0.3) is 0 Å². The summed E-state index contributed by atoms with van der Waals surface area (Å²) in [6, 6.07) is 0. The summed E-state index contributed by atoms with van der Waals surface area (Å²) in [6.07, 6.45) is 3.79. The van der Waals surface area contributed by atoms with Gasteiger partial charge in [-0.25, -0.2) is 9.66 Å². The van der Waals surface area contributed by atoms with E-state index in [9.17, 15) is 0 Å². The lowest BCUT2D eigenvalue weighted by atomic mass is 10.0. The maximum absolute atomic E-state index is 5.71. The van der Waals surface area contributed by atoms with E-state index < -0.39 is 0 Å². The molecule has 12 heavy (non-hydrogen) atoms. The zero-order valence-corrected chi connectivity index (χ0v) is 7.62. The normalized spacial score (nSPS) is 13.2. The maximum Gasteiger partial charge on any atom is 0.145 e. The van der Waals surface area contributed by atoms with Crippen molar-refractivity contribution in [3.8, 4) is 0 Å². The van der Waals surface area contributed by atoms with Gasteiger partial charge in [0.2, 0.25) is 0 Å². The van der Waals surface area contributed by atoms with Gasteiger partial charge in [-0.1, -0.05) is 20.3 Å². The van der Waals surface area contributed by atoms with Crippen molar-refractivity contribution in [3.63, 3.8) is 0 Å². The third kappa shape index (κ3) is 1.52. The van der Waals surface area contributed by atoms with Crippen molar-refractivity contribution in [1.29, 1.82) is 0 Å². The summed E-state index contributed by atoms with van der Waals surface area (Å²) in [6.45, 7) is 4.26. The van der Waals surface area contributed by atoms with Crippen LogP contribution in [0.15, 0.2) is 6.33 Å². The van der Waals surface area contributed by atoms with E-state index in [-0.39, 0.29) is 0 Å². The van der Waals surface area contributed by atoms with Gasteiger partial charge in [-0.15, -0.1) is 0 Å². The van der Waals surface area contributed by atoms with Crippen LogP contribution < -0.4 is 11.6 Å². The second-order valence-electron chi connectivity index (χ2n) is 3.11. The maximum atomic E-state index is 5.71. The fourth-order valence-electron chi connectivity index (χ4n) is 1.33. The standard InChI is InChI=1S/C8H16N4/c1-3-4-6(2)7-8(9)12(10)5-11-7/h5-6H,3-4,9-10H2,1-2H3. The van der Waals surface area contributed by atoms with Crippen molar-refractivity contribution in [1.82, 2.24) is 9.66 Å². The lowest BCUT2D eigenvalue weighted by Gasteiger charge is -2.07. The molecule has 1 rings (SSSR count). The number of nitrogen functional groups attached to an aromatic ring is 2. The minimum Gasteiger partial charge on any atom is -0.382 e. The molecule has 1 heterocycles.